The highest BCUT2D eigenvalue weighted by molar-refractivity contribution is 6.11. The van der Waals surface area contributed by atoms with Gasteiger partial charge < -0.3 is 9.13 Å². The average molecular weight is 290 g/mol. The second-order valence-electron chi connectivity index (χ2n) is 5.62. The zero-order chi connectivity index (χ0) is 14.8. The molecular weight excluding hydrogens is 276 g/mol. The van der Waals surface area contributed by atoms with Gasteiger partial charge in [0.25, 0.3) is 0 Å². The third kappa shape index (κ3) is 1.34. The standard InChI is InChI=1S/C16H14N6/c1-19-7-3-11-13(19)5-9-21-15(11)17-22-10-6-14-12(16(22)18-21)4-8-20(14)2/h3-10H,1-2H3. The second-order valence-corrected chi connectivity index (χ2v) is 5.62. The van der Waals surface area contributed by atoms with Crippen LogP contribution in [0.2, 0.25) is 0 Å². The first-order valence-electron chi connectivity index (χ1n) is 7.16. The van der Waals surface area contributed by atoms with Gasteiger partial charge in [-0.25, -0.2) is 10.0 Å². The van der Waals surface area contributed by atoms with Gasteiger partial charge in [-0.1, -0.05) is 0 Å². The number of hydrazone groups is 2. The van der Waals surface area contributed by atoms with E-state index in [0.717, 1.165) is 34.2 Å². The highest BCUT2D eigenvalue weighted by atomic mass is 15.6. The summed E-state index contributed by atoms with van der Waals surface area (Å²) in [6.07, 6.45) is 12.2. The van der Waals surface area contributed by atoms with E-state index in [-0.39, 0.29) is 0 Å². The lowest BCUT2D eigenvalue weighted by Gasteiger charge is -2.31. The van der Waals surface area contributed by atoms with Gasteiger partial charge in [0.1, 0.15) is 0 Å². The van der Waals surface area contributed by atoms with Crippen LogP contribution in [0.3, 0.4) is 0 Å². The highest BCUT2D eigenvalue weighted by Crippen LogP contribution is 2.29. The molecule has 6 heteroatoms. The molecule has 2 aromatic heterocycles. The van der Waals surface area contributed by atoms with Crippen LogP contribution in [0.5, 0.6) is 0 Å². The Labute approximate surface area is 127 Å². The monoisotopic (exact) mass is 290 g/mol. The number of aromatic nitrogens is 2. The summed E-state index contributed by atoms with van der Waals surface area (Å²) < 4.78 is 4.18. The van der Waals surface area contributed by atoms with E-state index in [1.165, 1.54) is 0 Å². The van der Waals surface area contributed by atoms with E-state index < -0.39 is 0 Å². The van der Waals surface area contributed by atoms with Crippen molar-refractivity contribution in [2.75, 3.05) is 0 Å². The van der Waals surface area contributed by atoms with Crippen molar-refractivity contribution in [3.05, 3.63) is 59.4 Å². The molecule has 0 unspecified atom stereocenters. The number of hydrogen-bond donors (Lipinski definition) is 0. The fraction of sp³-hybridized carbons (Fsp3) is 0.125. The lowest BCUT2D eigenvalue weighted by atomic mass is 10.1. The molecule has 0 saturated heterocycles. The lowest BCUT2D eigenvalue weighted by Crippen LogP contribution is -2.38. The first-order valence-corrected chi connectivity index (χ1v) is 7.16. The quantitative estimate of drug-likeness (QED) is 0.744. The Balaban J connectivity index is 1.68. The predicted molar refractivity (Wildman–Crippen MR) is 85.6 cm³/mol. The van der Waals surface area contributed by atoms with Crippen molar-refractivity contribution in [2.24, 2.45) is 24.3 Å². The Morgan fingerprint density at radius 2 is 1.18 bits per heavy atom. The SMILES string of the molecule is Cn1ccc2c1C=CN1N=C3c4ccn(C)c4C=CN3N=C21. The van der Waals surface area contributed by atoms with E-state index in [2.05, 4.69) is 33.4 Å². The molecule has 0 amide bonds. The van der Waals surface area contributed by atoms with Crippen molar-refractivity contribution in [1.29, 1.82) is 0 Å². The van der Waals surface area contributed by atoms with E-state index in [9.17, 15) is 0 Å². The highest BCUT2D eigenvalue weighted by Gasteiger charge is 2.30. The number of amidine groups is 2. The Kier molecular flexibility index (Phi) is 2.00. The van der Waals surface area contributed by atoms with Crippen molar-refractivity contribution in [1.82, 2.24) is 19.2 Å². The summed E-state index contributed by atoms with van der Waals surface area (Å²) in [5.74, 6) is 1.71. The molecule has 3 aliphatic rings. The maximum absolute atomic E-state index is 4.77. The summed E-state index contributed by atoms with van der Waals surface area (Å²) >= 11 is 0. The van der Waals surface area contributed by atoms with Crippen LogP contribution >= 0.6 is 0 Å². The number of fused-ring (bicyclic) bond motifs is 6. The summed E-state index contributed by atoms with van der Waals surface area (Å²) in [6.45, 7) is 0. The molecule has 0 N–H and O–H groups in total. The summed E-state index contributed by atoms with van der Waals surface area (Å²) in [4.78, 5) is 0. The van der Waals surface area contributed by atoms with Gasteiger partial charge in [0.05, 0.1) is 11.4 Å². The van der Waals surface area contributed by atoms with Gasteiger partial charge in [-0.3, -0.25) is 0 Å². The number of hydrogen-bond acceptors (Lipinski definition) is 4. The van der Waals surface area contributed by atoms with Crippen molar-refractivity contribution in [2.45, 2.75) is 0 Å². The molecule has 3 aliphatic heterocycles. The van der Waals surface area contributed by atoms with Crippen LogP contribution in [0.15, 0.2) is 47.1 Å². The fourth-order valence-electron chi connectivity index (χ4n) is 3.11. The maximum atomic E-state index is 4.77. The Morgan fingerprint density at radius 3 is 1.64 bits per heavy atom. The Hall–Kier alpha value is -3.02. The smallest absolute Gasteiger partial charge is 0.183 e. The van der Waals surface area contributed by atoms with Gasteiger partial charge in [-0.15, -0.1) is 10.2 Å². The number of rotatable bonds is 0. The Morgan fingerprint density at radius 1 is 0.727 bits per heavy atom. The summed E-state index contributed by atoms with van der Waals surface area (Å²) in [5.41, 5.74) is 4.49. The topological polar surface area (TPSA) is 41.1 Å². The molecule has 0 atom stereocenters. The second kappa shape index (κ2) is 3.79. The molecule has 2 aromatic rings. The predicted octanol–water partition coefficient (Wildman–Crippen LogP) is 1.97. The molecule has 0 aromatic carbocycles. The average Bonchev–Trinajstić information content (AvgIpc) is 3.09. The van der Waals surface area contributed by atoms with Crippen LogP contribution in [-0.2, 0) is 14.1 Å². The molecule has 0 saturated carbocycles. The van der Waals surface area contributed by atoms with Gasteiger partial charge in [0.2, 0.25) is 0 Å². The van der Waals surface area contributed by atoms with E-state index in [4.69, 9.17) is 10.2 Å². The molecule has 0 bridgehead atoms. The molecule has 5 heterocycles. The van der Waals surface area contributed by atoms with Gasteiger partial charge in [0.15, 0.2) is 11.7 Å². The zero-order valence-electron chi connectivity index (χ0n) is 12.3. The van der Waals surface area contributed by atoms with Gasteiger partial charge in [-0.05, 0) is 24.3 Å². The Bertz CT molecular complexity index is 844. The molecule has 0 spiro atoms. The van der Waals surface area contributed by atoms with E-state index in [1.807, 2.05) is 48.9 Å². The normalized spacial score (nSPS) is 17.5. The molecule has 6 nitrogen and oxygen atoms in total. The minimum atomic E-state index is 0.853. The third-order valence-electron chi connectivity index (χ3n) is 4.31. The number of nitrogens with zero attached hydrogens (tertiary/aromatic N) is 6. The number of aryl methyl sites for hydroxylation is 2. The summed E-state index contributed by atoms with van der Waals surface area (Å²) in [5, 5.41) is 13.2. The minimum absolute atomic E-state index is 0.853. The molecule has 0 radical (unpaired) electrons. The van der Waals surface area contributed by atoms with Gasteiger partial charge in [-0.2, -0.15) is 0 Å². The van der Waals surface area contributed by atoms with Crippen molar-refractivity contribution in [3.63, 3.8) is 0 Å². The van der Waals surface area contributed by atoms with E-state index in [1.54, 1.807) is 0 Å². The van der Waals surface area contributed by atoms with Gasteiger partial charge >= 0.3 is 0 Å². The molecule has 0 fully saturated rings. The first-order chi connectivity index (χ1) is 10.7. The fourth-order valence-corrected chi connectivity index (χ4v) is 3.11. The third-order valence-corrected chi connectivity index (χ3v) is 4.31. The van der Waals surface area contributed by atoms with Crippen LogP contribution < -0.4 is 0 Å². The lowest BCUT2D eigenvalue weighted by molar-refractivity contribution is 0.488. The minimum Gasteiger partial charge on any atom is -0.350 e. The van der Waals surface area contributed by atoms with Crippen LogP contribution in [-0.4, -0.2) is 30.8 Å². The largest absolute Gasteiger partial charge is 0.350 e. The van der Waals surface area contributed by atoms with E-state index in [0.29, 0.717) is 0 Å². The summed E-state index contributed by atoms with van der Waals surface area (Å²) in [6, 6.07) is 4.15. The molecule has 0 aliphatic carbocycles. The molecule has 5 rings (SSSR count). The van der Waals surface area contributed by atoms with Crippen molar-refractivity contribution >= 4 is 23.8 Å². The molecule has 108 valence electrons. The molecular formula is C16H14N6. The van der Waals surface area contributed by atoms with Gasteiger partial charge in [0, 0.05) is 50.0 Å². The first kappa shape index (κ1) is 11.6. The van der Waals surface area contributed by atoms with Crippen LogP contribution in [0.25, 0.3) is 12.2 Å². The van der Waals surface area contributed by atoms with Crippen LogP contribution in [0.1, 0.15) is 22.5 Å². The zero-order valence-corrected chi connectivity index (χ0v) is 12.3. The van der Waals surface area contributed by atoms with Crippen molar-refractivity contribution in [3.8, 4) is 0 Å². The van der Waals surface area contributed by atoms with Crippen LogP contribution in [0.4, 0.5) is 0 Å². The summed E-state index contributed by atoms with van der Waals surface area (Å²) in [7, 11) is 4.07. The maximum Gasteiger partial charge on any atom is 0.183 e. The van der Waals surface area contributed by atoms with Crippen molar-refractivity contribution < 1.29 is 0 Å². The molecule has 22 heavy (non-hydrogen) atoms. The van der Waals surface area contributed by atoms with E-state index >= 15 is 0 Å². The van der Waals surface area contributed by atoms with Crippen LogP contribution in [0, 0.1) is 0 Å².